The van der Waals surface area contributed by atoms with Crippen LogP contribution >= 0.6 is 0 Å². The zero-order valence-corrected chi connectivity index (χ0v) is 18.8. The van der Waals surface area contributed by atoms with Gasteiger partial charge in [-0.3, -0.25) is 0 Å². The van der Waals surface area contributed by atoms with Gasteiger partial charge in [-0.2, -0.15) is 0 Å². The lowest BCUT2D eigenvalue weighted by atomic mass is 10.1. The van der Waals surface area contributed by atoms with Gasteiger partial charge in [0, 0.05) is 32.9 Å². The molecule has 0 atom stereocenters. The van der Waals surface area contributed by atoms with Gasteiger partial charge in [0.25, 0.3) is 0 Å². The van der Waals surface area contributed by atoms with Crippen LogP contribution in [0.25, 0.3) is 55.0 Å². The van der Waals surface area contributed by atoms with Gasteiger partial charge in [0.1, 0.15) is 5.75 Å². The summed E-state index contributed by atoms with van der Waals surface area (Å²) in [5.41, 5.74) is 6.81. The summed E-state index contributed by atoms with van der Waals surface area (Å²) in [6, 6.07) is 40.0. The number of rotatable bonds is 4. The molecule has 5 aromatic carbocycles. The fourth-order valence-corrected chi connectivity index (χ4v) is 5.35. The second-order valence-corrected chi connectivity index (χ2v) is 8.62. The zero-order valence-electron chi connectivity index (χ0n) is 18.8. The van der Waals surface area contributed by atoms with Gasteiger partial charge in [0.15, 0.2) is 0 Å². The molecular formula is C30H20BN2O2. The maximum absolute atomic E-state index is 9.03. The first-order valence-electron chi connectivity index (χ1n) is 11.6. The summed E-state index contributed by atoms with van der Waals surface area (Å²) < 4.78 is 9.86. The van der Waals surface area contributed by atoms with Crippen LogP contribution in [0.15, 0.2) is 115 Å². The summed E-state index contributed by atoms with van der Waals surface area (Å²) in [6.45, 7) is 0. The molecule has 0 fully saturated rings. The summed E-state index contributed by atoms with van der Waals surface area (Å²) in [6.07, 6.45) is 0. The molecule has 165 valence electrons. The maximum atomic E-state index is 9.03. The van der Waals surface area contributed by atoms with E-state index in [1.54, 1.807) is 0 Å². The molecule has 1 N–H and O–H groups in total. The number of nitrogens with zero attached hydrogens (tertiary/aromatic N) is 2. The Balaban J connectivity index is 1.70. The van der Waals surface area contributed by atoms with Gasteiger partial charge in [0.05, 0.1) is 22.1 Å². The number of benzene rings is 5. The van der Waals surface area contributed by atoms with Crippen molar-refractivity contribution in [2.45, 2.75) is 0 Å². The summed E-state index contributed by atoms with van der Waals surface area (Å²) in [7, 11) is 0.706. The average Bonchev–Trinajstić information content (AvgIpc) is 3.43. The Morgan fingerprint density at radius 2 is 0.971 bits per heavy atom. The summed E-state index contributed by atoms with van der Waals surface area (Å²) in [5.74, 6) is 0.584. The Bertz CT molecular complexity index is 1850. The molecule has 4 nitrogen and oxygen atoms in total. The lowest BCUT2D eigenvalue weighted by Gasteiger charge is -2.13. The van der Waals surface area contributed by atoms with E-state index in [4.69, 9.17) is 9.68 Å². The fourth-order valence-electron chi connectivity index (χ4n) is 5.35. The molecule has 0 aliphatic heterocycles. The summed E-state index contributed by atoms with van der Waals surface area (Å²) >= 11 is 0. The number of aromatic nitrogens is 2. The molecule has 35 heavy (non-hydrogen) atoms. The summed E-state index contributed by atoms with van der Waals surface area (Å²) in [5, 5.41) is 13.9. The second kappa shape index (κ2) is 7.79. The molecule has 2 heterocycles. The van der Waals surface area contributed by atoms with Crippen molar-refractivity contribution in [3.63, 3.8) is 0 Å². The van der Waals surface area contributed by atoms with Crippen LogP contribution < -0.4 is 4.65 Å². The molecule has 0 aliphatic rings. The predicted octanol–water partition coefficient (Wildman–Crippen LogP) is 6.79. The van der Waals surface area contributed by atoms with E-state index in [0.717, 1.165) is 22.4 Å². The minimum atomic E-state index is 0.584. The highest BCUT2D eigenvalue weighted by molar-refractivity contribution is 6.23. The standard InChI is InChI=1S/C30H20BN2O2/c34-31-35-22-16-14-21(15-17-22)33-28-13-7-5-11-24(28)26-19-18-25-23-10-4-6-12-27(23)32(29(25)30(26)33)20-8-2-1-3-9-20/h1-19,34H. The minimum Gasteiger partial charge on any atom is -0.537 e. The summed E-state index contributed by atoms with van der Waals surface area (Å²) in [4.78, 5) is 0. The molecule has 0 unspecified atom stereocenters. The van der Waals surface area contributed by atoms with Crippen LogP contribution in [0, 0.1) is 0 Å². The Morgan fingerprint density at radius 3 is 1.51 bits per heavy atom. The quantitative estimate of drug-likeness (QED) is 0.300. The topological polar surface area (TPSA) is 39.3 Å². The van der Waals surface area contributed by atoms with Gasteiger partial charge in [-0.15, -0.1) is 0 Å². The molecule has 2 aromatic heterocycles. The van der Waals surface area contributed by atoms with Gasteiger partial charge >= 0.3 is 7.69 Å². The van der Waals surface area contributed by atoms with Crippen molar-refractivity contribution in [2.24, 2.45) is 0 Å². The molecule has 5 heteroatoms. The molecule has 0 bridgehead atoms. The highest BCUT2D eigenvalue weighted by atomic mass is 16.5. The smallest absolute Gasteiger partial charge is 0.537 e. The molecule has 7 aromatic rings. The van der Waals surface area contributed by atoms with Crippen molar-refractivity contribution in [1.29, 1.82) is 0 Å². The highest BCUT2D eigenvalue weighted by Crippen LogP contribution is 2.41. The van der Waals surface area contributed by atoms with Crippen LogP contribution in [0.4, 0.5) is 0 Å². The lowest BCUT2D eigenvalue weighted by Crippen LogP contribution is -2.01. The predicted molar refractivity (Wildman–Crippen MR) is 144 cm³/mol. The van der Waals surface area contributed by atoms with E-state index in [0.29, 0.717) is 13.4 Å². The van der Waals surface area contributed by atoms with Crippen molar-refractivity contribution in [3.05, 3.63) is 115 Å². The van der Waals surface area contributed by atoms with Gasteiger partial charge in [-0.05, 0) is 48.5 Å². The minimum absolute atomic E-state index is 0.584. The molecule has 0 amide bonds. The van der Waals surface area contributed by atoms with E-state index in [-0.39, 0.29) is 0 Å². The number of hydrogen-bond donors (Lipinski definition) is 1. The Labute approximate surface area is 202 Å². The first-order valence-corrected chi connectivity index (χ1v) is 11.6. The maximum Gasteiger partial charge on any atom is 0.569 e. The largest absolute Gasteiger partial charge is 0.569 e. The molecule has 0 aliphatic carbocycles. The van der Waals surface area contributed by atoms with Gasteiger partial charge in [0.2, 0.25) is 0 Å². The third-order valence-electron chi connectivity index (χ3n) is 6.77. The second-order valence-electron chi connectivity index (χ2n) is 8.62. The van der Waals surface area contributed by atoms with Gasteiger partial charge in [-0.25, -0.2) is 0 Å². The van der Waals surface area contributed by atoms with Crippen LogP contribution in [0.1, 0.15) is 0 Å². The van der Waals surface area contributed by atoms with Crippen LogP contribution in [0.3, 0.4) is 0 Å². The number of hydrogen-bond acceptors (Lipinski definition) is 2. The van der Waals surface area contributed by atoms with Crippen LogP contribution in [-0.2, 0) is 0 Å². The van der Waals surface area contributed by atoms with Crippen LogP contribution in [0.2, 0.25) is 0 Å². The Kier molecular flexibility index (Phi) is 4.44. The first-order chi connectivity index (χ1) is 17.3. The van der Waals surface area contributed by atoms with E-state index < -0.39 is 0 Å². The fraction of sp³-hybridized carbons (Fsp3) is 0. The number of fused-ring (bicyclic) bond motifs is 7. The molecule has 7 rings (SSSR count). The van der Waals surface area contributed by atoms with Crippen molar-refractivity contribution in [2.75, 3.05) is 0 Å². The van der Waals surface area contributed by atoms with E-state index >= 15 is 0 Å². The van der Waals surface area contributed by atoms with Crippen LogP contribution in [0.5, 0.6) is 5.75 Å². The Morgan fingerprint density at radius 1 is 0.486 bits per heavy atom. The van der Waals surface area contributed by atoms with Crippen LogP contribution in [-0.4, -0.2) is 21.8 Å². The average molecular weight is 451 g/mol. The van der Waals surface area contributed by atoms with Crippen molar-refractivity contribution < 1.29 is 9.68 Å². The van der Waals surface area contributed by atoms with E-state index in [1.807, 2.05) is 24.3 Å². The first kappa shape index (κ1) is 19.9. The van der Waals surface area contributed by atoms with Crippen molar-refractivity contribution in [1.82, 2.24) is 9.13 Å². The van der Waals surface area contributed by atoms with Gasteiger partial charge in [-0.1, -0.05) is 66.7 Å². The zero-order chi connectivity index (χ0) is 23.4. The normalized spacial score (nSPS) is 11.6. The third kappa shape index (κ3) is 2.92. The van der Waals surface area contributed by atoms with Crippen molar-refractivity contribution >= 4 is 51.3 Å². The lowest BCUT2D eigenvalue weighted by molar-refractivity contribution is 0.454. The van der Waals surface area contributed by atoms with E-state index in [1.165, 1.54) is 32.6 Å². The number of para-hydroxylation sites is 3. The third-order valence-corrected chi connectivity index (χ3v) is 6.77. The SMILES string of the molecule is O[B]Oc1ccc(-n2c3ccccc3c3ccc4c5ccccc5n(-c5ccccc5)c4c32)cc1. The molecular weight excluding hydrogens is 431 g/mol. The molecule has 0 spiro atoms. The monoisotopic (exact) mass is 451 g/mol. The van der Waals surface area contributed by atoms with Crippen molar-refractivity contribution in [3.8, 4) is 17.1 Å². The molecule has 1 radical (unpaired) electrons. The van der Waals surface area contributed by atoms with E-state index in [9.17, 15) is 0 Å². The van der Waals surface area contributed by atoms with Gasteiger partial charge < -0.3 is 18.8 Å². The Hall–Kier alpha value is -4.48. The molecule has 0 saturated carbocycles. The van der Waals surface area contributed by atoms with E-state index in [2.05, 4.69) is 100 Å². The molecule has 0 saturated heterocycles. The highest BCUT2D eigenvalue weighted by Gasteiger charge is 2.20.